The molecular formula is C13H21BrN4O2. The first-order valence-corrected chi connectivity index (χ1v) is 7.19. The topological polar surface area (TPSA) is 67.3 Å². The van der Waals surface area contributed by atoms with Gasteiger partial charge in [0.25, 0.3) is 0 Å². The van der Waals surface area contributed by atoms with Crippen molar-refractivity contribution in [1.82, 2.24) is 15.3 Å². The first-order chi connectivity index (χ1) is 9.23. The number of hydrogen-bond donors (Lipinski definition) is 1. The minimum Gasteiger partial charge on any atom is -0.477 e. The molecule has 20 heavy (non-hydrogen) atoms. The van der Waals surface area contributed by atoms with Crippen LogP contribution >= 0.6 is 15.9 Å². The Morgan fingerprint density at radius 3 is 2.70 bits per heavy atom. The molecule has 1 aromatic heterocycles. The molecule has 0 aliphatic heterocycles. The number of nitrogens with one attached hydrogen (secondary N) is 1. The lowest BCUT2D eigenvalue weighted by Crippen LogP contribution is -2.45. The van der Waals surface area contributed by atoms with Crippen LogP contribution in [0, 0.1) is 0 Å². The maximum absolute atomic E-state index is 11.9. The molecular weight excluding hydrogens is 324 g/mol. The van der Waals surface area contributed by atoms with Crippen molar-refractivity contribution in [1.29, 1.82) is 0 Å². The van der Waals surface area contributed by atoms with Crippen molar-refractivity contribution in [3.05, 3.63) is 10.7 Å². The number of rotatable bonds is 5. The van der Waals surface area contributed by atoms with Gasteiger partial charge >= 0.3 is 0 Å². The number of likely N-dealkylation sites (N-methyl/N-ethyl adjacent to an activating group) is 1. The number of aromatic nitrogens is 2. The van der Waals surface area contributed by atoms with Gasteiger partial charge in [0.15, 0.2) is 0 Å². The van der Waals surface area contributed by atoms with Crippen molar-refractivity contribution in [3.63, 3.8) is 0 Å². The Balaban J connectivity index is 2.74. The fourth-order valence-corrected chi connectivity index (χ4v) is 1.81. The molecule has 0 aliphatic carbocycles. The van der Waals surface area contributed by atoms with Crippen LogP contribution in [0.3, 0.4) is 0 Å². The molecule has 1 rings (SSSR count). The summed E-state index contributed by atoms with van der Waals surface area (Å²) in [6.45, 7) is 8.40. The van der Waals surface area contributed by atoms with E-state index in [1.165, 1.54) is 0 Å². The number of halogens is 1. The molecule has 0 spiro atoms. The summed E-state index contributed by atoms with van der Waals surface area (Å²) >= 11 is 3.32. The monoisotopic (exact) mass is 344 g/mol. The third-order valence-corrected chi connectivity index (χ3v) is 2.76. The van der Waals surface area contributed by atoms with E-state index in [1.807, 2.05) is 27.7 Å². The number of carbonyl (C=O) groups is 1. The average Bonchev–Trinajstić information content (AvgIpc) is 2.29. The number of carbonyl (C=O) groups excluding carboxylic acids is 1. The van der Waals surface area contributed by atoms with E-state index in [2.05, 4.69) is 31.2 Å². The van der Waals surface area contributed by atoms with E-state index in [9.17, 15) is 4.79 Å². The molecule has 1 N–H and O–H groups in total. The summed E-state index contributed by atoms with van der Waals surface area (Å²) in [5.74, 6) is 0.839. The molecule has 0 radical (unpaired) electrons. The molecule has 1 aromatic rings. The van der Waals surface area contributed by atoms with Crippen LogP contribution in [0.4, 0.5) is 5.95 Å². The molecule has 6 nitrogen and oxygen atoms in total. The quantitative estimate of drug-likeness (QED) is 0.884. The van der Waals surface area contributed by atoms with Gasteiger partial charge in [-0.1, -0.05) is 0 Å². The lowest BCUT2D eigenvalue weighted by molar-refractivity contribution is -0.121. The zero-order chi connectivity index (χ0) is 15.3. The van der Waals surface area contributed by atoms with Crippen molar-refractivity contribution in [2.75, 3.05) is 25.1 Å². The molecule has 1 heterocycles. The molecule has 0 saturated heterocycles. The van der Waals surface area contributed by atoms with Crippen LogP contribution < -0.4 is 15.0 Å². The van der Waals surface area contributed by atoms with Crippen LogP contribution in [-0.2, 0) is 4.79 Å². The molecule has 0 atom stereocenters. The molecule has 0 saturated carbocycles. The molecule has 112 valence electrons. The van der Waals surface area contributed by atoms with Gasteiger partial charge in [-0.15, -0.1) is 0 Å². The fraction of sp³-hybridized carbons (Fsp3) is 0.615. The molecule has 0 aromatic carbocycles. The van der Waals surface area contributed by atoms with Crippen molar-refractivity contribution in [3.8, 4) is 5.88 Å². The van der Waals surface area contributed by atoms with Gasteiger partial charge in [0.2, 0.25) is 17.7 Å². The minimum absolute atomic E-state index is 0.0792. The summed E-state index contributed by atoms with van der Waals surface area (Å²) < 4.78 is 6.08. The van der Waals surface area contributed by atoms with E-state index in [1.54, 1.807) is 18.1 Å². The summed E-state index contributed by atoms with van der Waals surface area (Å²) in [6, 6.07) is 0. The van der Waals surface area contributed by atoms with E-state index in [0.717, 1.165) is 0 Å². The lowest BCUT2D eigenvalue weighted by atomic mass is 10.1. The Morgan fingerprint density at radius 1 is 1.50 bits per heavy atom. The zero-order valence-corrected chi connectivity index (χ0v) is 14.1. The van der Waals surface area contributed by atoms with Gasteiger partial charge in [0, 0.05) is 12.6 Å². The van der Waals surface area contributed by atoms with Gasteiger partial charge in [0.1, 0.15) is 0 Å². The average molecular weight is 345 g/mol. The van der Waals surface area contributed by atoms with Crippen LogP contribution in [-0.4, -0.2) is 41.6 Å². The van der Waals surface area contributed by atoms with E-state index < -0.39 is 0 Å². The normalized spacial score (nSPS) is 11.1. The zero-order valence-electron chi connectivity index (χ0n) is 12.5. The number of anilines is 1. The van der Waals surface area contributed by atoms with Gasteiger partial charge < -0.3 is 15.0 Å². The van der Waals surface area contributed by atoms with Crippen molar-refractivity contribution >= 4 is 27.8 Å². The summed E-state index contributed by atoms with van der Waals surface area (Å²) in [5.41, 5.74) is -0.255. The molecule has 7 heteroatoms. The third kappa shape index (κ3) is 5.32. The van der Waals surface area contributed by atoms with Gasteiger partial charge in [-0.05, 0) is 43.6 Å². The first-order valence-electron chi connectivity index (χ1n) is 6.40. The summed E-state index contributed by atoms with van der Waals surface area (Å²) in [4.78, 5) is 22.0. The first kappa shape index (κ1) is 16.7. The second kappa shape index (κ2) is 6.88. The molecule has 0 bridgehead atoms. The van der Waals surface area contributed by atoms with E-state index in [-0.39, 0.29) is 18.0 Å². The maximum Gasteiger partial charge on any atom is 0.240 e. The maximum atomic E-state index is 11.9. The van der Waals surface area contributed by atoms with Crippen molar-refractivity contribution in [2.45, 2.75) is 33.2 Å². The summed E-state index contributed by atoms with van der Waals surface area (Å²) in [5, 5.41) is 2.89. The molecule has 0 unspecified atom stereocenters. The molecule has 0 fully saturated rings. The van der Waals surface area contributed by atoms with E-state index >= 15 is 0 Å². The van der Waals surface area contributed by atoms with Gasteiger partial charge in [-0.3, -0.25) is 4.79 Å². The second-order valence-corrected chi connectivity index (χ2v) is 6.26. The number of amides is 1. The van der Waals surface area contributed by atoms with E-state index in [4.69, 9.17) is 4.74 Å². The van der Waals surface area contributed by atoms with Crippen LogP contribution in [0.15, 0.2) is 10.7 Å². The largest absolute Gasteiger partial charge is 0.477 e. The predicted molar refractivity (Wildman–Crippen MR) is 82.1 cm³/mol. The molecule has 1 amide bonds. The van der Waals surface area contributed by atoms with E-state index in [0.29, 0.717) is 22.9 Å². The Bertz CT molecular complexity index is 474. The Morgan fingerprint density at radius 2 is 2.15 bits per heavy atom. The summed E-state index contributed by atoms with van der Waals surface area (Å²) in [6.07, 6.45) is 1.62. The highest BCUT2D eigenvalue weighted by molar-refractivity contribution is 9.10. The van der Waals surface area contributed by atoms with Crippen molar-refractivity contribution < 1.29 is 9.53 Å². The standard InChI is InChI=1S/C13H21BrN4O2/c1-6-20-11-9(14)7-15-12(16-11)18(5)8-10(19)17-13(2,3)4/h7H,6,8H2,1-5H3,(H,17,19). The summed E-state index contributed by atoms with van der Waals surface area (Å²) in [7, 11) is 1.77. The fourth-order valence-electron chi connectivity index (χ4n) is 1.51. The highest BCUT2D eigenvalue weighted by Crippen LogP contribution is 2.23. The highest BCUT2D eigenvalue weighted by Gasteiger charge is 2.17. The predicted octanol–water partition coefficient (Wildman–Crippen LogP) is 1.99. The third-order valence-electron chi connectivity index (χ3n) is 2.22. The second-order valence-electron chi connectivity index (χ2n) is 5.41. The lowest BCUT2D eigenvalue weighted by Gasteiger charge is -2.23. The van der Waals surface area contributed by atoms with Gasteiger partial charge in [-0.2, -0.15) is 4.98 Å². The minimum atomic E-state index is -0.255. The Kier molecular flexibility index (Phi) is 5.74. The molecule has 0 aliphatic rings. The smallest absolute Gasteiger partial charge is 0.240 e. The number of ether oxygens (including phenoxy) is 1. The van der Waals surface area contributed by atoms with Crippen LogP contribution in [0.1, 0.15) is 27.7 Å². The number of nitrogens with zero attached hydrogens (tertiary/aromatic N) is 3. The van der Waals surface area contributed by atoms with Crippen molar-refractivity contribution in [2.24, 2.45) is 0 Å². The SMILES string of the molecule is CCOc1nc(N(C)CC(=O)NC(C)(C)C)ncc1Br. The highest BCUT2D eigenvalue weighted by atomic mass is 79.9. The van der Waals surface area contributed by atoms with Crippen LogP contribution in [0.25, 0.3) is 0 Å². The number of hydrogen-bond acceptors (Lipinski definition) is 5. The van der Waals surface area contributed by atoms with Gasteiger partial charge in [-0.25, -0.2) is 4.98 Å². The van der Waals surface area contributed by atoms with Gasteiger partial charge in [0.05, 0.1) is 23.8 Å². The van der Waals surface area contributed by atoms with Crippen LogP contribution in [0.5, 0.6) is 5.88 Å². The van der Waals surface area contributed by atoms with Crippen LogP contribution in [0.2, 0.25) is 0 Å². The Hall–Kier alpha value is -1.37. The Labute approximate surface area is 128 Å².